The van der Waals surface area contributed by atoms with Crippen LogP contribution in [0, 0.1) is 0 Å². The molecule has 2 N–H and O–H groups in total. The third kappa shape index (κ3) is 9.84. The zero-order valence-corrected chi connectivity index (χ0v) is 21.9. The van der Waals surface area contributed by atoms with E-state index in [4.69, 9.17) is 4.74 Å². The van der Waals surface area contributed by atoms with Crippen molar-refractivity contribution < 1.29 is 9.53 Å². The summed E-state index contributed by atoms with van der Waals surface area (Å²) in [7, 11) is 1.98. The predicted molar refractivity (Wildman–Crippen MR) is 146 cm³/mol. The fourth-order valence-corrected chi connectivity index (χ4v) is 4.19. The molecule has 0 atom stereocenters. The Labute approximate surface area is 211 Å². The number of nitrogens with one attached hydrogen (secondary N) is 2. The number of carbonyl (C=O) groups is 1. The van der Waals surface area contributed by atoms with Crippen molar-refractivity contribution in [2.75, 3.05) is 64.1 Å². The van der Waals surface area contributed by atoms with Gasteiger partial charge in [-0.05, 0) is 56.3 Å². The minimum atomic E-state index is 0.681. The molecular weight excluding hydrogens is 468 g/mol. The van der Waals surface area contributed by atoms with Gasteiger partial charge in [0.05, 0.1) is 25.2 Å². The van der Waals surface area contributed by atoms with Gasteiger partial charge in [-0.2, -0.15) is 0 Å². The molecule has 34 heavy (non-hydrogen) atoms. The van der Waals surface area contributed by atoms with Gasteiger partial charge in [0.2, 0.25) is 11.5 Å². The highest BCUT2D eigenvalue weighted by molar-refractivity contribution is 8.01. The normalized spacial score (nSPS) is 14.0. The van der Waals surface area contributed by atoms with E-state index in [1.165, 1.54) is 11.3 Å². The Morgan fingerprint density at radius 1 is 1.32 bits per heavy atom. The van der Waals surface area contributed by atoms with Crippen LogP contribution in [0.4, 0.5) is 10.8 Å². The van der Waals surface area contributed by atoms with Gasteiger partial charge in [0.25, 0.3) is 0 Å². The number of hydrogen-bond donors (Lipinski definition) is 2. The number of morpholine rings is 1. The van der Waals surface area contributed by atoms with E-state index >= 15 is 0 Å². The average molecular weight is 505 g/mol. The van der Waals surface area contributed by atoms with Gasteiger partial charge in [-0.15, -0.1) is 23.1 Å². The Bertz CT molecular complexity index is 853. The van der Waals surface area contributed by atoms with Crippen molar-refractivity contribution in [2.24, 2.45) is 4.99 Å². The highest BCUT2D eigenvalue weighted by Crippen LogP contribution is 2.25. The van der Waals surface area contributed by atoms with Gasteiger partial charge in [0.1, 0.15) is 0 Å². The molecule has 0 bridgehead atoms. The molecule has 1 aromatic heterocycles. The number of rotatable bonds is 12. The quantitative estimate of drug-likeness (QED) is 0.198. The number of nitrogens with zero attached hydrogens (tertiary/aromatic N) is 4. The van der Waals surface area contributed by atoms with Gasteiger partial charge in [-0.25, -0.2) is 9.98 Å². The second-order valence-corrected chi connectivity index (χ2v) is 8.85. The lowest BCUT2D eigenvalue weighted by Gasteiger charge is -2.29. The second-order valence-electron chi connectivity index (χ2n) is 7.27. The lowest BCUT2D eigenvalue weighted by atomic mass is 10.1. The summed E-state index contributed by atoms with van der Waals surface area (Å²) in [5.74, 6) is 0. The van der Waals surface area contributed by atoms with Crippen LogP contribution in [-0.2, 0) is 9.53 Å². The summed E-state index contributed by atoms with van der Waals surface area (Å²) in [6.45, 7) is 7.93. The molecule has 1 aromatic carbocycles. The van der Waals surface area contributed by atoms with Crippen LogP contribution >= 0.6 is 23.1 Å². The first-order chi connectivity index (χ1) is 16.7. The first-order valence-corrected chi connectivity index (χ1v) is 13.6. The molecule has 1 fully saturated rings. The molecule has 1 amide bonds. The van der Waals surface area contributed by atoms with E-state index in [9.17, 15) is 4.79 Å². The largest absolute Gasteiger partial charge is 0.378 e. The Morgan fingerprint density at radius 3 is 2.65 bits per heavy atom. The van der Waals surface area contributed by atoms with Gasteiger partial charge >= 0.3 is 0 Å². The van der Waals surface area contributed by atoms with Gasteiger partial charge in [0, 0.05) is 43.4 Å². The zero-order chi connectivity index (χ0) is 24.4. The lowest BCUT2D eigenvalue weighted by Crippen LogP contribution is -2.36. The summed E-state index contributed by atoms with van der Waals surface area (Å²) >= 11 is 3.25. The minimum absolute atomic E-state index is 0.681. The van der Waals surface area contributed by atoms with Crippen LogP contribution in [0.25, 0.3) is 5.70 Å². The van der Waals surface area contributed by atoms with Crippen LogP contribution in [0.1, 0.15) is 18.9 Å². The molecule has 186 valence electrons. The number of anilines is 1. The lowest BCUT2D eigenvalue weighted by molar-refractivity contribution is -0.109. The number of aliphatic imine (C=N–C) groups is 1. The van der Waals surface area contributed by atoms with E-state index in [-0.39, 0.29) is 0 Å². The maximum absolute atomic E-state index is 9.29. The summed E-state index contributed by atoms with van der Waals surface area (Å²) in [6.07, 6.45) is 7.49. The summed E-state index contributed by atoms with van der Waals surface area (Å²) in [6, 6.07) is 8.82. The van der Waals surface area contributed by atoms with E-state index in [0.717, 1.165) is 63.2 Å². The number of thiazole rings is 1. The molecule has 8 nitrogen and oxygen atoms in total. The summed E-state index contributed by atoms with van der Waals surface area (Å²) in [5.41, 5.74) is 3.59. The smallest absolute Gasteiger partial charge is 0.210 e. The predicted octanol–water partition coefficient (Wildman–Crippen LogP) is 3.66. The van der Waals surface area contributed by atoms with Gasteiger partial charge in [0.15, 0.2) is 0 Å². The van der Waals surface area contributed by atoms with Crippen molar-refractivity contribution in [3.63, 3.8) is 0 Å². The molecule has 0 aliphatic carbocycles. The highest BCUT2D eigenvalue weighted by Gasteiger charge is 2.14. The van der Waals surface area contributed by atoms with Crippen molar-refractivity contribution in [3.05, 3.63) is 46.8 Å². The van der Waals surface area contributed by atoms with Crippen LogP contribution in [0.3, 0.4) is 0 Å². The molecule has 3 rings (SSSR count). The van der Waals surface area contributed by atoms with E-state index in [1.54, 1.807) is 29.3 Å². The molecule has 0 spiro atoms. The van der Waals surface area contributed by atoms with Crippen LogP contribution in [0.15, 0.2) is 46.2 Å². The molecular formula is C24H36N6O2S2. The first-order valence-electron chi connectivity index (χ1n) is 11.4. The number of aromatic nitrogens is 1. The van der Waals surface area contributed by atoms with Crippen LogP contribution in [0.2, 0.25) is 0 Å². The molecule has 1 aliphatic heterocycles. The monoisotopic (exact) mass is 504 g/mol. The van der Waals surface area contributed by atoms with E-state index < -0.39 is 0 Å². The van der Waals surface area contributed by atoms with Crippen molar-refractivity contribution in [1.29, 1.82) is 0 Å². The van der Waals surface area contributed by atoms with Crippen molar-refractivity contribution in [2.45, 2.75) is 13.3 Å². The molecule has 10 heteroatoms. The van der Waals surface area contributed by atoms with Gasteiger partial charge < -0.3 is 25.2 Å². The summed E-state index contributed by atoms with van der Waals surface area (Å²) in [5, 5.41) is 10.6. The number of carbonyl (C=O) groups excluding carboxylic acids is 1. The Balaban J connectivity index is 0.000000739. The summed E-state index contributed by atoms with van der Waals surface area (Å²) in [4.78, 5) is 22.7. The molecule has 1 aliphatic rings. The third-order valence-corrected chi connectivity index (χ3v) is 6.06. The van der Waals surface area contributed by atoms with Crippen molar-refractivity contribution in [1.82, 2.24) is 20.5 Å². The fourth-order valence-electron chi connectivity index (χ4n) is 3.23. The SMILES string of the molecule is CCNC=O.CNCCCN(/C=N/c1nccs1)/C(=C\SC)c1ccc(N2CCOCC2)cc1. The van der Waals surface area contributed by atoms with Crippen molar-refractivity contribution in [3.8, 4) is 0 Å². The minimum Gasteiger partial charge on any atom is -0.378 e. The third-order valence-electron chi connectivity index (χ3n) is 4.92. The number of amides is 1. The Hall–Kier alpha value is -2.40. The van der Waals surface area contributed by atoms with Gasteiger partial charge in [-0.1, -0.05) is 12.1 Å². The summed E-state index contributed by atoms with van der Waals surface area (Å²) < 4.78 is 5.47. The van der Waals surface area contributed by atoms with E-state index in [1.807, 2.05) is 25.7 Å². The molecule has 0 saturated carbocycles. The number of ether oxygens (including phenoxy) is 1. The fraction of sp³-hybridized carbons (Fsp3) is 0.458. The molecule has 0 radical (unpaired) electrons. The maximum Gasteiger partial charge on any atom is 0.210 e. The number of benzene rings is 1. The molecule has 2 aromatic rings. The Kier molecular flexibility index (Phi) is 14.0. The average Bonchev–Trinajstić information content (AvgIpc) is 3.40. The highest BCUT2D eigenvalue weighted by atomic mass is 32.2. The maximum atomic E-state index is 9.29. The number of thioether (sulfide) groups is 1. The standard InChI is InChI=1S/C21H29N5OS2.C3H7NO/c1-22-8-3-10-26(17-24-21-23-9-15-29-21)20(16-28-2)18-4-6-19(7-5-18)25-11-13-27-14-12-25;1-2-4-3-5/h4-7,9,15-17,22H,3,8,10-14H2,1-2H3;3H,2H2,1H3,(H,4,5)/b20-16-,24-17+;. The Morgan fingerprint density at radius 2 is 2.09 bits per heavy atom. The second kappa shape index (κ2) is 17.1. The van der Waals surface area contributed by atoms with E-state index in [2.05, 4.69) is 66.3 Å². The topological polar surface area (TPSA) is 82.1 Å². The van der Waals surface area contributed by atoms with Crippen LogP contribution in [0.5, 0.6) is 0 Å². The molecule has 1 saturated heterocycles. The van der Waals surface area contributed by atoms with Crippen molar-refractivity contribution >= 4 is 52.4 Å². The number of hydrogen-bond acceptors (Lipinski definition) is 8. The van der Waals surface area contributed by atoms with Gasteiger partial charge in [-0.3, -0.25) is 4.79 Å². The van der Waals surface area contributed by atoms with Crippen LogP contribution < -0.4 is 15.5 Å². The van der Waals surface area contributed by atoms with E-state index in [0.29, 0.717) is 6.41 Å². The molecule has 2 heterocycles. The molecule has 0 unspecified atom stereocenters. The first kappa shape index (κ1) is 27.8. The van der Waals surface area contributed by atoms with Crippen LogP contribution in [-0.4, -0.2) is 81.9 Å². The zero-order valence-electron chi connectivity index (χ0n) is 20.3.